The summed E-state index contributed by atoms with van der Waals surface area (Å²) in [5.41, 5.74) is 0. The van der Waals surface area contributed by atoms with E-state index in [4.69, 9.17) is 0 Å². The molecule has 0 radical (unpaired) electrons. The first-order chi connectivity index (χ1) is 6.66. The highest BCUT2D eigenvalue weighted by Gasteiger charge is 2.17. The Bertz CT molecular complexity index is 195. The van der Waals surface area contributed by atoms with Gasteiger partial charge < -0.3 is 0 Å². The standard InChI is InChI=1S/C12H25OP/c1-5-8-14(9-6-2,10-7-3)12(4)11-13/h11H,5-10H2,1-4H3. The van der Waals surface area contributed by atoms with E-state index in [0.717, 1.165) is 6.29 Å². The van der Waals surface area contributed by atoms with Gasteiger partial charge in [-0.2, -0.15) is 0 Å². The molecule has 0 aromatic heterocycles. The molecule has 0 aromatic carbocycles. The van der Waals surface area contributed by atoms with Gasteiger partial charge >= 0.3 is 0 Å². The summed E-state index contributed by atoms with van der Waals surface area (Å²) in [7, 11) is 0. The summed E-state index contributed by atoms with van der Waals surface area (Å²) in [5.74, 6) is 0. The lowest BCUT2D eigenvalue weighted by atomic mass is 10.5. The van der Waals surface area contributed by atoms with Gasteiger partial charge in [0.2, 0.25) is 0 Å². The molecule has 0 aliphatic rings. The molecule has 0 saturated carbocycles. The number of hydrogen-bond donors (Lipinski definition) is 0. The van der Waals surface area contributed by atoms with E-state index in [9.17, 15) is 4.79 Å². The van der Waals surface area contributed by atoms with Crippen LogP contribution in [0.2, 0.25) is 0 Å². The van der Waals surface area contributed by atoms with E-state index in [-0.39, 0.29) is 0 Å². The van der Waals surface area contributed by atoms with Gasteiger partial charge in [0.15, 0.2) is 0 Å². The molecule has 0 amide bonds. The topological polar surface area (TPSA) is 17.1 Å². The van der Waals surface area contributed by atoms with Crippen LogP contribution in [0.25, 0.3) is 0 Å². The van der Waals surface area contributed by atoms with Gasteiger partial charge in [0.25, 0.3) is 0 Å². The zero-order chi connectivity index (χ0) is 11.0. The zero-order valence-corrected chi connectivity index (χ0v) is 11.1. The predicted molar refractivity (Wildman–Crippen MR) is 69.1 cm³/mol. The third kappa shape index (κ3) is 3.61. The summed E-state index contributed by atoms with van der Waals surface area (Å²) in [5, 5.41) is 1.17. The van der Waals surface area contributed by atoms with Crippen LogP contribution in [0.5, 0.6) is 0 Å². The minimum Gasteiger partial charge on any atom is -0.298 e. The number of carbonyl (C=O) groups excluding carboxylic acids is 1. The Morgan fingerprint density at radius 3 is 1.57 bits per heavy atom. The molecule has 0 unspecified atom stereocenters. The second-order valence-corrected chi connectivity index (χ2v) is 8.41. The van der Waals surface area contributed by atoms with Gasteiger partial charge in [-0.3, -0.25) is 4.79 Å². The van der Waals surface area contributed by atoms with Gasteiger partial charge in [0, 0.05) is 0 Å². The normalized spacial score (nSPS) is 11.4. The van der Waals surface area contributed by atoms with Gasteiger partial charge in [0.05, 0.1) is 0 Å². The highest BCUT2D eigenvalue weighted by Crippen LogP contribution is 2.50. The molecule has 0 fully saturated rings. The second-order valence-electron chi connectivity index (χ2n) is 4.08. The third-order valence-corrected chi connectivity index (χ3v) is 8.39. The molecule has 14 heavy (non-hydrogen) atoms. The number of hydrogen-bond acceptors (Lipinski definition) is 1. The van der Waals surface area contributed by atoms with Crippen LogP contribution in [-0.2, 0) is 4.79 Å². The van der Waals surface area contributed by atoms with Gasteiger partial charge in [-0.25, -0.2) is 0 Å². The molecule has 0 aliphatic carbocycles. The first-order valence-corrected chi connectivity index (χ1v) is 8.16. The van der Waals surface area contributed by atoms with Gasteiger partial charge in [-0.1, -0.05) is 46.9 Å². The highest BCUT2D eigenvalue weighted by atomic mass is 31.2. The Hall–Kier alpha value is -0.0300. The SMILES string of the molecule is CCCP(CCC)(CCC)=C(C)C=O. The lowest BCUT2D eigenvalue weighted by Gasteiger charge is -2.27. The van der Waals surface area contributed by atoms with Crippen LogP contribution < -0.4 is 0 Å². The smallest absolute Gasteiger partial charge is 0.145 e. The Kier molecular flexibility index (Phi) is 7.27. The van der Waals surface area contributed by atoms with Crippen molar-refractivity contribution in [2.75, 3.05) is 18.5 Å². The Labute approximate surface area is 89.3 Å². The molecule has 0 aromatic rings. The van der Waals surface area contributed by atoms with Crippen LogP contribution in [0.4, 0.5) is 0 Å². The molecule has 1 nitrogen and oxygen atoms in total. The molecular weight excluding hydrogens is 191 g/mol. The number of rotatable bonds is 7. The fourth-order valence-corrected chi connectivity index (χ4v) is 6.78. The molecule has 0 atom stereocenters. The van der Waals surface area contributed by atoms with E-state index in [1.807, 2.05) is 0 Å². The van der Waals surface area contributed by atoms with E-state index >= 15 is 0 Å². The summed E-state index contributed by atoms with van der Waals surface area (Å²) in [6.45, 7) is 7.72. The maximum absolute atomic E-state index is 11.0. The average Bonchev–Trinajstić information content (AvgIpc) is 2.17. The largest absolute Gasteiger partial charge is 0.298 e. The summed E-state index contributed by atoms with van der Waals surface area (Å²) < 4.78 is 0. The summed E-state index contributed by atoms with van der Waals surface area (Å²) in [6.07, 6.45) is 8.61. The monoisotopic (exact) mass is 216 g/mol. The van der Waals surface area contributed by atoms with Crippen LogP contribution in [-0.4, -0.2) is 30.1 Å². The molecular formula is C12H25OP. The van der Waals surface area contributed by atoms with Gasteiger partial charge in [-0.05, 0) is 30.7 Å². The van der Waals surface area contributed by atoms with Crippen LogP contribution in [0, 0.1) is 0 Å². The molecule has 2 heteroatoms. The lowest BCUT2D eigenvalue weighted by Crippen LogP contribution is -2.09. The molecule has 0 spiro atoms. The van der Waals surface area contributed by atoms with Crippen molar-refractivity contribution in [1.29, 1.82) is 0 Å². The number of carbonyl (C=O) groups is 1. The second kappa shape index (κ2) is 7.29. The van der Waals surface area contributed by atoms with Gasteiger partial charge in [-0.15, -0.1) is 0 Å². The van der Waals surface area contributed by atoms with Crippen LogP contribution in [0.15, 0.2) is 0 Å². The average molecular weight is 216 g/mol. The molecule has 0 heterocycles. The van der Waals surface area contributed by atoms with Crippen LogP contribution in [0.3, 0.4) is 0 Å². The predicted octanol–water partition coefficient (Wildman–Crippen LogP) is 3.63. The third-order valence-electron chi connectivity index (χ3n) is 2.87. The maximum Gasteiger partial charge on any atom is 0.145 e. The Morgan fingerprint density at radius 2 is 1.36 bits per heavy atom. The molecule has 0 N–H and O–H groups in total. The molecule has 0 aliphatic heterocycles. The van der Waals surface area contributed by atoms with Crippen LogP contribution >= 0.6 is 6.89 Å². The fraction of sp³-hybridized carbons (Fsp3) is 0.833. The first kappa shape index (κ1) is 14.0. The Balaban J connectivity index is 5.02. The highest BCUT2D eigenvalue weighted by molar-refractivity contribution is 7.77. The Morgan fingerprint density at radius 1 is 1.00 bits per heavy atom. The molecule has 0 bridgehead atoms. The van der Waals surface area contributed by atoms with Crippen molar-refractivity contribution in [2.24, 2.45) is 0 Å². The van der Waals surface area contributed by atoms with Gasteiger partial charge in [0.1, 0.15) is 6.29 Å². The zero-order valence-electron chi connectivity index (χ0n) is 10.2. The van der Waals surface area contributed by atoms with Crippen LogP contribution in [0.1, 0.15) is 47.0 Å². The van der Waals surface area contributed by atoms with E-state index in [1.54, 1.807) is 0 Å². The van der Waals surface area contributed by atoms with E-state index in [0.29, 0.717) is 0 Å². The molecule has 84 valence electrons. The minimum atomic E-state index is -1.04. The first-order valence-electron chi connectivity index (χ1n) is 5.82. The van der Waals surface area contributed by atoms with Crippen molar-refractivity contribution in [3.05, 3.63) is 0 Å². The van der Waals surface area contributed by atoms with E-state index in [1.165, 1.54) is 43.0 Å². The quantitative estimate of drug-likeness (QED) is 0.469. The molecule has 0 rings (SSSR count). The van der Waals surface area contributed by atoms with Crippen molar-refractivity contribution in [1.82, 2.24) is 0 Å². The summed E-state index contributed by atoms with van der Waals surface area (Å²) >= 11 is 0. The lowest BCUT2D eigenvalue weighted by molar-refractivity contribution is -0.102. The van der Waals surface area contributed by atoms with Crippen molar-refractivity contribution >= 4 is 18.5 Å². The summed E-state index contributed by atoms with van der Waals surface area (Å²) in [4.78, 5) is 11.0. The van der Waals surface area contributed by atoms with Crippen molar-refractivity contribution in [3.63, 3.8) is 0 Å². The van der Waals surface area contributed by atoms with Crippen molar-refractivity contribution < 1.29 is 4.79 Å². The minimum absolute atomic E-state index is 1.04. The van der Waals surface area contributed by atoms with E-state index < -0.39 is 6.89 Å². The number of aldehydes is 1. The summed E-state index contributed by atoms with van der Waals surface area (Å²) in [6, 6.07) is 0. The molecule has 0 saturated heterocycles. The van der Waals surface area contributed by atoms with Crippen molar-refractivity contribution in [2.45, 2.75) is 47.0 Å². The van der Waals surface area contributed by atoms with Crippen molar-refractivity contribution in [3.8, 4) is 0 Å². The fourth-order valence-electron chi connectivity index (χ4n) is 2.26. The van der Waals surface area contributed by atoms with E-state index in [2.05, 4.69) is 27.7 Å². The maximum atomic E-state index is 11.0.